The van der Waals surface area contributed by atoms with Gasteiger partial charge in [-0.1, -0.05) is 29.3 Å². The number of ether oxygens (including phenoxy) is 1. The molecule has 0 radical (unpaired) electrons. The van der Waals surface area contributed by atoms with E-state index in [2.05, 4.69) is 0 Å². The number of anilines is 2. The maximum absolute atomic E-state index is 12.5. The number of halogens is 2. The number of nitrogens with two attached hydrogens (primary N) is 1. The Bertz CT molecular complexity index is 666. The third kappa shape index (κ3) is 3.23. The van der Waals surface area contributed by atoms with Gasteiger partial charge in [0.1, 0.15) is 5.75 Å². The zero-order valence-electron chi connectivity index (χ0n) is 11.6. The van der Waals surface area contributed by atoms with Crippen molar-refractivity contribution in [3.63, 3.8) is 0 Å². The number of methoxy groups -OCH3 is 1. The van der Waals surface area contributed by atoms with Crippen molar-refractivity contribution in [1.82, 2.24) is 0 Å². The van der Waals surface area contributed by atoms with Crippen molar-refractivity contribution < 1.29 is 9.53 Å². The van der Waals surface area contributed by atoms with Crippen LogP contribution < -0.4 is 15.4 Å². The molecule has 21 heavy (non-hydrogen) atoms. The molecule has 0 aliphatic rings. The summed E-state index contributed by atoms with van der Waals surface area (Å²) in [4.78, 5) is 14.0. The van der Waals surface area contributed by atoms with Gasteiger partial charge in [0.05, 0.1) is 22.8 Å². The first-order chi connectivity index (χ1) is 9.93. The van der Waals surface area contributed by atoms with E-state index in [9.17, 15) is 4.79 Å². The van der Waals surface area contributed by atoms with Crippen molar-refractivity contribution >= 4 is 40.5 Å². The highest BCUT2D eigenvalue weighted by Gasteiger charge is 2.16. The molecule has 0 unspecified atom stereocenters. The molecule has 0 aliphatic heterocycles. The summed E-state index contributed by atoms with van der Waals surface area (Å²) in [5.74, 6) is 0.424. The molecule has 0 aliphatic carbocycles. The zero-order chi connectivity index (χ0) is 15.6. The molecule has 0 saturated heterocycles. The molecule has 0 fully saturated rings. The van der Waals surface area contributed by atoms with Crippen LogP contribution in [0.3, 0.4) is 0 Å². The molecule has 0 heterocycles. The average molecular weight is 325 g/mol. The van der Waals surface area contributed by atoms with Crippen LogP contribution in [0.25, 0.3) is 0 Å². The molecule has 0 bridgehead atoms. The molecule has 2 aromatic carbocycles. The van der Waals surface area contributed by atoms with Crippen LogP contribution in [0.5, 0.6) is 5.75 Å². The van der Waals surface area contributed by atoms with Crippen molar-refractivity contribution in [1.29, 1.82) is 0 Å². The van der Waals surface area contributed by atoms with E-state index in [1.165, 1.54) is 17.0 Å². The van der Waals surface area contributed by atoms with Gasteiger partial charge in [-0.2, -0.15) is 0 Å². The number of carbonyl (C=O) groups is 1. The molecule has 110 valence electrons. The maximum Gasteiger partial charge on any atom is 0.258 e. The largest absolute Gasteiger partial charge is 0.497 e. The first-order valence-electron chi connectivity index (χ1n) is 6.10. The lowest BCUT2D eigenvalue weighted by molar-refractivity contribution is 0.0993. The van der Waals surface area contributed by atoms with E-state index in [0.29, 0.717) is 17.0 Å². The minimum absolute atomic E-state index is 0.243. The van der Waals surface area contributed by atoms with Crippen LogP contribution in [-0.4, -0.2) is 20.1 Å². The van der Waals surface area contributed by atoms with Crippen LogP contribution in [0.15, 0.2) is 36.4 Å². The molecule has 0 atom stereocenters. The average Bonchev–Trinajstić information content (AvgIpc) is 2.50. The normalized spacial score (nSPS) is 10.3. The van der Waals surface area contributed by atoms with Gasteiger partial charge in [0.2, 0.25) is 0 Å². The summed E-state index contributed by atoms with van der Waals surface area (Å²) in [6, 6.07) is 10.2. The van der Waals surface area contributed by atoms with Crippen molar-refractivity contribution in [3.05, 3.63) is 52.0 Å². The second-order valence-corrected chi connectivity index (χ2v) is 5.23. The summed E-state index contributed by atoms with van der Waals surface area (Å²) >= 11 is 11.9. The van der Waals surface area contributed by atoms with Crippen LogP contribution in [0.2, 0.25) is 10.0 Å². The van der Waals surface area contributed by atoms with Gasteiger partial charge in [0.15, 0.2) is 0 Å². The summed E-state index contributed by atoms with van der Waals surface area (Å²) in [7, 11) is 3.23. The SMILES string of the molecule is COc1cccc(N(C)C(=O)c2cc(Cl)c(N)c(Cl)c2)c1. The summed E-state index contributed by atoms with van der Waals surface area (Å²) < 4.78 is 5.15. The van der Waals surface area contributed by atoms with E-state index >= 15 is 0 Å². The standard InChI is InChI=1S/C15H14Cl2N2O2/c1-19(10-4-3-5-11(8-10)21-2)15(20)9-6-12(16)14(18)13(17)7-9/h3-8H,18H2,1-2H3. The summed E-state index contributed by atoms with van der Waals surface area (Å²) in [6.45, 7) is 0. The first-order valence-corrected chi connectivity index (χ1v) is 6.86. The number of hydrogen-bond donors (Lipinski definition) is 1. The van der Waals surface area contributed by atoms with Gasteiger partial charge in [-0.05, 0) is 24.3 Å². The fraction of sp³-hybridized carbons (Fsp3) is 0.133. The first kappa shape index (κ1) is 15.5. The third-order valence-corrected chi connectivity index (χ3v) is 3.70. The lowest BCUT2D eigenvalue weighted by atomic mass is 10.1. The molecule has 0 spiro atoms. The number of nitrogens with zero attached hydrogens (tertiary/aromatic N) is 1. The lowest BCUT2D eigenvalue weighted by Crippen LogP contribution is -2.26. The molecule has 2 N–H and O–H groups in total. The Morgan fingerprint density at radius 3 is 2.38 bits per heavy atom. The van der Waals surface area contributed by atoms with Crippen LogP contribution in [-0.2, 0) is 0 Å². The quantitative estimate of drug-likeness (QED) is 0.872. The Balaban J connectivity index is 2.34. The topological polar surface area (TPSA) is 55.6 Å². The number of hydrogen-bond acceptors (Lipinski definition) is 3. The van der Waals surface area contributed by atoms with E-state index in [4.69, 9.17) is 33.7 Å². The molecule has 2 rings (SSSR count). The number of amides is 1. The van der Waals surface area contributed by atoms with Crippen molar-refractivity contribution in [3.8, 4) is 5.75 Å². The summed E-state index contributed by atoms with van der Waals surface area (Å²) in [6.07, 6.45) is 0. The van der Waals surface area contributed by atoms with Crippen molar-refractivity contribution in [2.45, 2.75) is 0 Å². The Morgan fingerprint density at radius 2 is 1.81 bits per heavy atom. The highest BCUT2D eigenvalue weighted by molar-refractivity contribution is 6.39. The number of nitrogen functional groups attached to an aromatic ring is 1. The second kappa shape index (κ2) is 6.24. The number of rotatable bonds is 3. The van der Waals surface area contributed by atoms with Gasteiger partial charge >= 0.3 is 0 Å². The Kier molecular flexibility index (Phi) is 4.60. The fourth-order valence-corrected chi connectivity index (χ4v) is 2.32. The van der Waals surface area contributed by atoms with E-state index in [-0.39, 0.29) is 21.6 Å². The van der Waals surface area contributed by atoms with Crippen LogP contribution in [0, 0.1) is 0 Å². The smallest absolute Gasteiger partial charge is 0.258 e. The minimum Gasteiger partial charge on any atom is -0.497 e. The van der Waals surface area contributed by atoms with Gasteiger partial charge in [-0.25, -0.2) is 0 Å². The summed E-state index contributed by atoms with van der Waals surface area (Å²) in [5, 5.41) is 0.509. The molecule has 2 aromatic rings. The minimum atomic E-state index is -0.243. The van der Waals surface area contributed by atoms with Gasteiger partial charge in [-0.15, -0.1) is 0 Å². The molecule has 4 nitrogen and oxygen atoms in total. The predicted octanol–water partition coefficient (Wildman–Crippen LogP) is 3.86. The molecular formula is C15H14Cl2N2O2. The number of benzene rings is 2. The summed E-state index contributed by atoms with van der Waals surface area (Å²) in [5.41, 5.74) is 7.00. The third-order valence-electron chi connectivity index (χ3n) is 3.07. The van der Waals surface area contributed by atoms with Crippen molar-refractivity contribution in [2.24, 2.45) is 0 Å². The second-order valence-electron chi connectivity index (χ2n) is 4.42. The highest BCUT2D eigenvalue weighted by atomic mass is 35.5. The Labute approximate surface area is 133 Å². The zero-order valence-corrected chi connectivity index (χ0v) is 13.1. The van der Waals surface area contributed by atoms with Gasteiger partial charge in [-0.3, -0.25) is 4.79 Å². The van der Waals surface area contributed by atoms with E-state index in [1.807, 2.05) is 0 Å². The van der Waals surface area contributed by atoms with Crippen LogP contribution in [0.4, 0.5) is 11.4 Å². The van der Waals surface area contributed by atoms with Gasteiger partial charge < -0.3 is 15.4 Å². The van der Waals surface area contributed by atoms with Crippen LogP contribution in [0.1, 0.15) is 10.4 Å². The number of carbonyl (C=O) groups excluding carboxylic acids is 1. The van der Waals surface area contributed by atoms with Gasteiger partial charge in [0, 0.05) is 24.4 Å². The van der Waals surface area contributed by atoms with E-state index in [0.717, 1.165) is 0 Å². The predicted molar refractivity (Wildman–Crippen MR) is 86.6 cm³/mol. The van der Waals surface area contributed by atoms with Crippen molar-refractivity contribution in [2.75, 3.05) is 24.8 Å². The Hall–Kier alpha value is -1.91. The molecule has 6 heteroatoms. The molecule has 0 saturated carbocycles. The Morgan fingerprint density at radius 1 is 1.19 bits per heavy atom. The molecule has 0 aromatic heterocycles. The van der Waals surface area contributed by atoms with E-state index < -0.39 is 0 Å². The lowest BCUT2D eigenvalue weighted by Gasteiger charge is -2.18. The van der Waals surface area contributed by atoms with E-state index in [1.54, 1.807) is 38.4 Å². The maximum atomic E-state index is 12.5. The fourth-order valence-electron chi connectivity index (χ4n) is 1.84. The van der Waals surface area contributed by atoms with Gasteiger partial charge in [0.25, 0.3) is 5.91 Å². The highest BCUT2D eigenvalue weighted by Crippen LogP contribution is 2.30. The molecule has 1 amide bonds. The van der Waals surface area contributed by atoms with Crippen LogP contribution >= 0.6 is 23.2 Å². The monoisotopic (exact) mass is 324 g/mol. The molecular weight excluding hydrogens is 311 g/mol.